The number of azide groups is 1. The second kappa shape index (κ2) is 13.1. The monoisotopic (exact) mass is 305 g/mol. The first-order valence-corrected chi connectivity index (χ1v) is 8.13. The highest BCUT2D eigenvalue weighted by molar-refractivity contribution is 5.14. The average Bonchev–Trinajstić information content (AvgIpc) is 2.55. The Morgan fingerprint density at radius 1 is 1.05 bits per heavy atom. The van der Waals surface area contributed by atoms with Crippen LogP contribution in [0.15, 0.2) is 35.4 Å². The molecule has 0 radical (unpaired) electrons. The van der Waals surface area contributed by atoms with Gasteiger partial charge in [0.25, 0.3) is 0 Å². The number of benzene rings is 1. The molecule has 0 saturated heterocycles. The van der Waals surface area contributed by atoms with Gasteiger partial charge >= 0.3 is 0 Å². The van der Waals surface area contributed by atoms with Crippen LogP contribution >= 0.6 is 0 Å². The van der Waals surface area contributed by atoms with Crippen LogP contribution in [0.5, 0.6) is 0 Å². The van der Waals surface area contributed by atoms with Gasteiger partial charge in [0.05, 0.1) is 19.3 Å². The normalized spacial score (nSPS) is 11.9. The minimum Gasteiger partial charge on any atom is -0.391 e. The van der Waals surface area contributed by atoms with Gasteiger partial charge in [0.1, 0.15) is 0 Å². The zero-order valence-electron chi connectivity index (χ0n) is 13.2. The summed E-state index contributed by atoms with van der Waals surface area (Å²) in [5.74, 6) is 0. The van der Waals surface area contributed by atoms with E-state index < -0.39 is 6.10 Å². The number of unbranched alkanes of at least 4 members (excludes halogenated alkanes) is 5. The fraction of sp³-hybridized carbons (Fsp3) is 0.647. The fourth-order valence-electron chi connectivity index (χ4n) is 2.29. The number of nitrogens with zero attached hydrogens (tertiary/aromatic N) is 3. The van der Waals surface area contributed by atoms with Crippen LogP contribution in [-0.4, -0.2) is 31.0 Å². The van der Waals surface area contributed by atoms with Crippen molar-refractivity contribution in [2.45, 2.75) is 51.0 Å². The fourth-order valence-corrected chi connectivity index (χ4v) is 2.29. The third-order valence-electron chi connectivity index (χ3n) is 3.51. The van der Waals surface area contributed by atoms with Crippen LogP contribution in [0.1, 0.15) is 44.1 Å². The van der Waals surface area contributed by atoms with E-state index in [1.54, 1.807) is 0 Å². The molecule has 0 heterocycles. The summed E-state index contributed by atoms with van der Waals surface area (Å²) in [4.78, 5) is 2.60. The molecule has 1 aromatic carbocycles. The number of aliphatic hydroxyl groups is 1. The maximum atomic E-state index is 9.38. The number of ether oxygens (including phenoxy) is 1. The van der Waals surface area contributed by atoms with E-state index in [4.69, 9.17) is 10.3 Å². The lowest BCUT2D eigenvalue weighted by Gasteiger charge is -2.08. The lowest BCUT2D eigenvalue weighted by atomic mass is 10.1. The van der Waals surface area contributed by atoms with Crippen molar-refractivity contribution in [2.75, 3.05) is 19.8 Å². The minimum absolute atomic E-state index is 0.0813. The van der Waals surface area contributed by atoms with Crippen LogP contribution in [0, 0.1) is 0 Å². The molecular formula is C17H27N3O2. The molecule has 0 fully saturated rings. The minimum atomic E-state index is -0.686. The molecule has 1 rings (SSSR count). The zero-order valence-corrected chi connectivity index (χ0v) is 13.2. The SMILES string of the molecule is [N-]=[N+]=NCC(O)COCCCCCCCCc1ccccc1. The predicted molar refractivity (Wildman–Crippen MR) is 88.7 cm³/mol. The van der Waals surface area contributed by atoms with E-state index in [2.05, 4.69) is 40.4 Å². The highest BCUT2D eigenvalue weighted by Gasteiger charge is 2.01. The number of hydrogen-bond acceptors (Lipinski definition) is 3. The van der Waals surface area contributed by atoms with Gasteiger partial charge in [-0.2, -0.15) is 0 Å². The van der Waals surface area contributed by atoms with Crippen molar-refractivity contribution in [3.63, 3.8) is 0 Å². The number of rotatable bonds is 13. The summed E-state index contributed by atoms with van der Waals surface area (Å²) in [6.45, 7) is 0.991. The highest BCUT2D eigenvalue weighted by Crippen LogP contribution is 2.09. The first-order chi connectivity index (χ1) is 10.8. The van der Waals surface area contributed by atoms with E-state index in [1.165, 1.54) is 37.7 Å². The molecule has 0 bridgehead atoms. The van der Waals surface area contributed by atoms with Gasteiger partial charge in [-0.3, -0.25) is 0 Å². The molecule has 0 aliphatic heterocycles. The smallest absolute Gasteiger partial charge is 0.0829 e. The molecule has 1 N–H and O–H groups in total. The second-order valence-corrected chi connectivity index (χ2v) is 5.50. The summed E-state index contributed by atoms with van der Waals surface area (Å²) in [5, 5.41) is 12.7. The number of hydrogen-bond donors (Lipinski definition) is 1. The summed E-state index contributed by atoms with van der Waals surface area (Å²) in [7, 11) is 0. The van der Waals surface area contributed by atoms with E-state index in [-0.39, 0.29) is 13.2 Å². The van der Waals surface area contributed by atoms with Gasteiger partial charge in [0.15, 0.2) is 0 Å². The Morgan fingerprint density at radius 3 is 2.45 bits per heavy atom. The second-order valence-electron chi connectivity index (χ2n) is 5.50. The van der Waals surface area contributed by atoms with Gasteiger partial charge in [-0.15, -0.1) is 0 Å². The largest absolute Gasteiger partial charge is 0.391 e. The maximum Gasteiger partial charge on any atom is 0.0829 e. The molecule has 5 heteroatoms. The summed E-state index contributed by atoms with van der Waals surface area (Å²) in [6.07, 6.45) is 7.71. The molecule has 1 atom stereocenters. The molecule has 0 saturated carbocycles. The van der Waals surface area contributed by atoms with Crippen LogP contribution in [0.25, 0.3) is 10.4 Å². The van der Waals surface area contributed by atoms with Crippen molar-refractivity contribution < 1.29 is 9.84 Å². The van der Waals surface area contributed by atoms with Gasteiger partial charge in [0, 0.05) is 11.5 Å². The summed E-state index contributed by atoms with van der Waals surface area (Å²) < 4.78 is 5.34. The van der Waals surface area contributed by atoms with Gasteiger partial charge in [-0.05, 0) is 30.4 Å². The highest BCUT2D eigenvalue weighted by atomic mass is 16.5. The van der Waals surface area contributed by atoms with Crippen molar-refractivity contribution in [1.82, 2.24) is 0 Å². The van der Waals surface area contributed by atoms with Crippen LogP contribution in [0.3, 0.4) is 0 Å². The first-order valence-electron chi connectivity index (χ1n) is 8.13. The molecular weight excluding hydrogens is 278 g/mol. The predicted octanol–water partition coefficient (Wildman–Crippen LogP) is 4.26. The van der Waals surface area contributed by atoms with Crippen LogP contribution in [0.4, 0.5) is 0 Å². The number of aryl methyl sites for hydroxylation is 1. The number of aliphatic hydroxyl groups excluding tert-OH is 1. The van der Waals surface area contributed by atoms with E-state index in [1.807, 2.05) is 0 Å². The first kappa shape index (κ1) is 18.5. The lowest BCUT2D eigenvalue weighted by molar-refractivity contribution is 0.0397. The molecule has 0 aliphatic carbocycles. The zero-order chi connectivity index (χ0) is 15.9. The third kappa shape index (κ3) is 10.2. The Kier molecular flexibility index (Phi) is 11.0. The van der Waals surface area contributed by atoms with Crippen LogP contribution in [-0.2, 0) is 11.2 Å². The van der Waals surface area contributed by atoms with E-state index in [9.17, 15) is 5.11 Å². The van der Waals surface area contributed by atoms with Crippen molar-refractivity contribution >= 4 is 0 Å². The van der Waals surface area contributed by atoms with E-state index in [0.717, 1.165) is 12.8 Å². The van der Waals surface area contributed by atoms with Crippen molar-refractivity contribution in [3.8, 4) is 0 Å². The topological polar surface area (TPSA) is 78.2 Å². The summed E-state index contributed by atoms with van der Waals surface area (Å²) >= 11 is 0. The molecule has 22 heavy (non-hydrogen) atoms. The van der Waals surface area contributed by atoms with Gasteiger partial charge in [0.2, 0.25) is 0 Å². The van der Waals surface area contributed by atoms with Crippen molar-refractivity contribution in [3.05, 3.63) is 46.3 Å². The maximum absolute atomic E-state index is 9.38. The van der Waals surface area contributed by atoms with Gasteiger partial charge in [-0.1, -0.05) is 61.1 Å². The Bertz CT molecular complexity index is 419. The standard InChI is InChI=1S/C17H27N3O2/c18-20-19-14-17(21)15-22-13-9-4-2-1-3-6-10-16-11-7-5-8-12-16/h5,7-8,11-12,17,21H,1-4,6,9-10,13-15H2. The third-order valence-corrected chi connectivity index (χ3v) is 3.51. The molecule has 5 nitrogen and oxygen atoms in total. The molecule has 0 aromatic heterocycles. The van der Waals surface area contributed by atoms with Crippen LogP contribution < -0.4 is 0 Å². The Morgan fingerprint density at radius 2 is 1.73 bits per heavy atom. The molecule has 1 aromatic rings. The molecule has 0 spiro atoms. The average molecular weight is 305 g/mol. The Labute approximate surface area is 132 Å². The van der Waals surface area contributed by atoms with Crippen molar-refractivity contribution in [2.24, 2.45) is 5.11 Å². The van der Waals surface area contributed by atoms with Crippen LogP contribution in [0.2, 0.25) is 0 Å². The summed E-state index contributed by atoms with van der Waals surface area (Å²) in [6, 6.07) is 10.6. The Hall–Kier alpha value is -1.55. The molecule has 1 unspecified atom stereocenters. The Balaban J connectivity index is 1.83. The van der Waals surface area contributed by atoms with E-state index in [0.29, 0.717) is 6.61 Å². The molecule has 122 valence electrons. The summed E-state index contributed by atoms with van der Waals surface area (Å²) in [5.41, 5.74) is 9.54. The quantitative estimate of drug-likeness (QED) is 0.256. The molecule has 0 aliphatic rings. The van der Waals surface area contributed by atoms with E-state index >= 15 is 0 Å². The lowest BCUT2D eigenvalue weighted by Crippen LogP contribution is -2.18. The molecule has 0 amide bonds. The van der Waals surface area contributed by atoms with Gasteiger partial charge < -0.3 is 9.84 Å². The van der Waals surface area contributed by atoms with Gasteiger partial charge in [-0.25, -0.2) is 0 Å². The van der Waals surface area contributed by atoms with Crippen molar-refractivity contribution in [1.29, 1.82) is 0 Å².